The molecule has 2 aliphatic heterocycles. The SMILES string of the molecule is CC(F)Cn1c2c(c(=O)[nH]c1=O)N(c1ccccc1Cl)C(N1CCNCC1)N2OC(=O)C(F)(F)F. The Morgan fingerprint density at radius 2 is 1.89 bits per heavy atom. The van der Waals surface area contributed by atoms with Crippen molar-refractivity contribution >= 4 is 34.8 Å². The molecule has 0 spiro atoms. The molecule has 190 valence electrons. The summed E-state index contributed by atoms with van der Waals surface area (Å²) in [6.07, 6.45) is -8.34. The van der Waals surface area contributed by atoms with Gasteiger partial charge in [-0.25, -0.2) is 14.0 Å². The second kappa shape index (κ2) is 9.51. The van der Waals surface area contributed by atoms with Crippen LogP contribution in [0, 0.1) is 0 Å². The first-order chi connectivity index (χ1) is 16.5. The highest BCUT2D eigenvalue weighted by Gasteiger charge is 2.51. The molecule has 1 aromatic heterocycles. The van der Waals surface area contributed by atoms with Gasteiger partial charge in [0.1, 0.15) is 6.17 Å². The monoisotopic (exact) mass is 520 g/mol. The van der Waals surface area contributed by atoms with E-state index in [2.05, 4.69) is 10.3 Å². The van der Waals surface area contributed by atoms with Crippen molar-refractivity contribution in [2.45, 2.75) is 32.1 Å². The highest BCUT2D eigenvalue weighted by atomic mass is 35.5. The average Bonchev–Trinajstić information content (AvgIpc) is 3.11. The number of anilines is 3. The van der Waals surface area contributed by atoms with E-state index >= 15 is 0 Å². The Labute approximate surface area is 200 Å². The normalized spacial score (nSPS) is 19.5. The molecular weight excluding hydrogens is 500 g/mol. The zero-order valence-electron chi connectivity index (χ0n) is 18.3. The van der Waals surface area contributed by atoms with E-state index in [0.29, 0.717) is 18.2 Å². The van der Waals surface area contributed by atoms with Crippen molar-refractivity contribution in [1.29, 1.82) is 0 Å². The third-order valence-corrected chi connectivity index (χ3v) is 5.80. The van der Waals surface area contributed by atoms with Gasteiger partial charge in [0.25, 0.3) is 5.56 Å². The van der Waals surface area contributed by atoms with Gasteiger partial charge in [-0.1, -0.05) is 23.7 Å². The van der Waals surface area contributed by atoms with E-state index in [1.54, 1.807) is 17.0 Å². The number of nitrogens with one attached hydrogen (secondary N) is 2. The Bertz CT molecular complexity index is 1230. The Balaban J connectivity index is 2.01. The number of alkyl halides is 4. The van der Waals surface area contributed by atoms with Crippen LogP contribution in [-0.2, 0) is 16.2 Å². The van der Waals surface area contributed by atoms with E-state index in [1.807, 2.05) is 0 Å². The number of rotatable bonds is 5. The van der Waals surface area contributed by atoms with Crippen molar-refractivity contribution in [3.05, 3.63) is 50.1 Å². The zero-order valence-corrected chi connectivity index (χ0v) is 19.1. The lowest BCUT2D eigenvalue weighted by molar-refractivity contribution is -0.203. The Kier molecular flexibility index (Phi) is 6.79. The molecule has 2 aromatic rings. The van der Waals surface area contributed by atoms with Crippen LogP contribution in [0.5, 0.6) is 0 Å². The molecule has 0 bridgehead atoms. The van der Waals surface area contributed by atoms with E-state index in [4.69, 9.17) is 16.4 Å². The lowest BCUT2D eigenvalue weighted by atomic mass is 10.2. The van der Waals surface area contributed by atoms with Crippen molar-refractivity contribution in [2.75, 3.05) is 36.1 Å². The number of aromatic amines is 1. The molecule has 3 heterocycles. The number of piperazine rings is 1. The largest absolute Gasteiger partial charge is 0.493 e. The first-order valence-corrected chi connectivity index (χ1v) is 11.0. The van der Waals surface area contributed by atoms with Gasteiger partial charge in [0.15, 0.2) is 11.5 Å². The van der Waals surface area contributed by atoms with E-state index in [-0.39, 0.29) is 29.5 Å². The summed E-state index contributed by atoms with van der Waals surface area (Å²) in [6, 6.07) is 6.22. The number of para-hydroxylation sites is 1. The molecule has 35 heavy (non-hydrogen) atoms. The van der Waals surface area contributed by atoms with Gasteiger partial charge >= 0.3 is 17.8 Å². The van der Waals surface area contributed by atoms with E-state index < -0.39 is 48.2 Å². The first-order valence-electron chi connectivity index (χ1n) is 10.6. The predicted molar refractivity (Wildman–Crippen MR) is 118 cm³/mol. The van der Waals surface area contributed by atoms with E-state index in [9.17, 15) is 31.9 Å². The first kappa shape index (κ1) is 25.0. The quantitative estimate of drug-likeness (QED) is 0.575. The van der Waals surface area contributed by atoms with Gasteiger partial charge in [0.05, 0.1) is 17.3 Å². The number of fused-ring (bicyclic) bond motifs is 1. The van der Waals surface area contributed by atoms with Gasteiger partial charge in [-0.05, 0) is 19.1 Å². The van der Waals surface area contributed by atoms with Gasteiger partial charge in [0, 0.05) is 26.2 Å². The van der Waals surface area contributed by atoms with Crippen molar-refractivity contribution < 1.29 is 27.2 Å². The molecule has 0 amide bonds. The van der Waals surface area contributed by atoms with Crippen LogP contribution in [0.1, 0.15) is 6.92 Å². The van der Waals surface area contributed by atoms with E-state index in [1.165, 1.54) is 17.0 Å². The van der Waals surface area contributed by atoms with Crippen LogP contribution >= 0.6 is 11.6 Å². The second-order valence-corrected chi connectivity index (χ2v) is 8.39. The molecule has 0 aliphatic carbocycles. The lowest BCUT2D eigenvalue weighted by Gasteiger charge is -2.41. The van der Waals surface area contributed by atoms with Crippen LogP contribution in [0.15, 0.2) is 33.9 Å². The molecule has 2 aliphatic rings. The topological polar surface area (TPSA) is 103 Å². The van der Waals surface area contributed by atoms with Gasteiger partial charge in [-0.3, -0.25) is 24.1 Å². The Hall–Kier alpha value is -3.10. The lowest BCUT2D eigenvalue weighted by Crippen LogP contribution is -2.60. The second-order valence-electron chi connectivity index (χ2n) is 7.98. The standard InChI is InChI=1S/C20H21ClF4N6O4/c1-11(22)10-29-16-14(15(32)27-18(29)34)30(13-5-3-2-4-12(13)21)19(28-8-6-26-7-9-28)31(16)35-17(33)20(23,24)25/h2-5,11,19,26H,6-10H2,1H3,(H,27,32,34). The number of hydroxylamine groups is 1. The third-order valence-electron chi connectivity index (χ3n) is 5.48. The summed E-state index contributed by atoms with van der Waals surface area (Å²) in [6.45, 7) is 1.94. The summed E-state index contributed by atoms with van der Waals surface area (Å²) in [5.41, 5.74) is -2.17. The number of hydrogen-bond acceptors (Lipinski definition) is 8. The van der Waals surface area contributed by atoms with Crippen LogP contribution in [0.3, 0.4) is 0 Å². The summed E-state index contributed by atoms with van der Waals surface area (Å²) in [4.78, 5) is 47.4. The Morgan fingerprint density at radius 1 is 1.23 bits per heavy atom. The van der Waals surface area contributed by atoms with Crippen LogP contribution in [-0.4, -0.2) is 65.2 Å². The molecule has 10 nitrogen and oxygen atoms in total. The minimum Gasteiger partial charge on any atom is -0.327 e. The van der Waals surface area contributed by atoms with Crippen molar-refractivity contribution in [3.63, 3.8) is 0 Å². The molecule has 2 N–H and O–H groups in total. The highest BCUT2D eigenvalue weighted by Crippen LogP contribution is 2.45. The number of hydrogen-bond donors (Lipinski definition) is 2. The smallest absolute Gasteiger partial charge is 0.327 e. The molecule has 1 fully saturated rings. The number of nitrogens with zero attached hydrogens (tertiary/aromatic N) is 4. The number of H-pyrrole nitrogens is 1. The average molecular weight is 521 g/mol. The predicted octanol–water partition coefficient (Wildman–Crippen LogP) is 1.72. The fraction of sp³-hybridized carbons (Fsp3) is 0.450. The summed E-state index contributed by atoms with van der Waals surface area (Å²) in [5, 5.41) is 3.78. The number of halogens is 5. The number of carbonyl (C=O) groups is 1. The molecule has 2 atom stereocenters. The summed E-state index contributed by atoms with van der Waals surface area (Å²) < 4.78 is 54.5. The van der Waals surface area contributed by atoms with Gasteiger partial charge in [-0.2, -0.15) is 13.2 Å². The van der Waals surface area contributed by atoms with Crippen LogP contribution in [0.2, 0.25) is 5.02 Å². The number of aromatic nitrogens is 2. The Morgan fingerprint density at radius 3 is 2.49 bits per heavy atom. The van der Waals surface area contributed by atoms with E-state index in [0.717, 1.165) is 11.5 Å². The molecule has 2 unspecified atom stereocenters. The fourth-order valence-corrected chi connectivity index (χ4v) is 4.32. The zero-order chi connectivity index (χ0) is 25.5. The minimum absolute atomic E-state index is 0.138. The minimum atomic E-state index is -5.38. The molecule has 1 aromatic carbocycles. The molecule has 15 heteroatoms. The number of benzene rings is 1. The summed E-state index contributed by atoms with van der Waals surface area (Å²) in [7, 11) is 0. The van der Waals surface area contributed by atoms with Crippen LogP contribution in [0.25, 0.3) is 0 Å². The maximum atomic E-state index is 14.0. The summed E-state index contributed by atoms with van der Waals surface area (Å²) >= 11 is 6.39. The maximum absolute atomic E-state index is 14.0. The number of carbonyl (C=O) groups excluding carboxylic acids is 1. The molecule has 0 radical (unpaired) electrons. The molecule has 4 rings (SSSR count). The van der Waals surface area contributed by atoms with Crippen molar-refractivity contribution in [1.82, 2.24) is 19.8 Å². The summed E-state index contributed by atoms with van der Waals surface area (Å²) in [5.74, 6) is -3.07. The van der Waals surface area contributed by atoms with Crippen molar-refractivity contribution in [2.24, 2.45) is 0 Å². The third kappa shape index (κ3) is 4.73. The molecule has 1 saturated heterocycles. The molecular formula is C20H21ClF4N6O4. The van der Waals surface area contributed by atoms with Crippen LogP contribution < -0.4 is 26.5 Å². The van der Waals surface area contributed by atoms with Crippen molar-refractivity contribution in [3.8, 4) is 0 Å². The van der Waals surface area contributed by atoms with Crippen LogP contribution in [0.4, 0.5) is 34.8 Å². The van der Waals surface area contributed by atoms with Gasteiger partial charge in [-0.15, -0.1) is 5.06 Å². The molecule has 0 saturated carbocycles. The van der Waals surface area contributed by atoms with Gasteiger partial charge < -0.3 is 10.2 Å². The fourth-order valence-electron chi connectivity index (χ4n) is 4.09. The maximum Gasteiger partial charge on any atom is 0.493 e. The highest BCUT2D eigenvalue weighted by molar-refractivity contribution is 6.33. The van der Waals surface area contributed by atoms with Gasteiger partial charge in [0.2, 0.25) is 6.29 Å².